The summed E-state index contributed by atoms with van der Waals surface area (Å²) in [6.07, 6.45) is 4.96. The van der Waals surface area contributed by atoms with Crippen LogP contribution in [0.4, 0.5) is 11.4 Å². The van der Waals surface area contributed by atoms with E-state index in [0.29, 0.717) is 0 Å². The van der Waals surface area contributed by atoms with E-state index < -0.39 is 0 Å². The molecule has 0 N–H and O–H groups in total. The summed E-state index contributed by atoms with van der Waals surface area (Å²) in [5.41, 5.74) is 5.42. The Bertz CT molecular complexity index is 799. The van der Waals surface area contributed by atoms with Crippen LogP contribution in [0, 0.1) is 0 Å². The summed E-state index contributed by atoms with van der Waals surface area (Å²) < 4.78 is 5.50. The summed E-state index contributed by atoms with van der Waals surface area (Å²) >= 11 is 0. The van der Waals surface area contributed by atoms with Crippen molar-refractivity contribution in [2.75, 3.05) is 37.0 Å². The molecule has 2 aliphatic heterocycles. The second kappa shape index (κ2) is 6.14. The standard InChI is InChI=1S/C22H26N2O/c1-22-12-7-13-24(22)21-11-10-19(25-3)14-20(21)17(15-22)16-23(2)18-8-5-4-6-9-18/h4-6,8-11,14-15H,7,12-13,16H2,1-3H3. The molecule has 0 spiro atoms. The number of likely N-dealkylation sites (N-methyl/N-ethyl adjacent to an activating group) is 1. The topological polar surface area (TPSA) is 15.7 Å². The zero-order valence-corrected chi connectivity index (χ0v) is 15.3. The molecule has 1 atom stereocenters. The molecule has 2 heterocycles. The summed E-state index contributed by atoms with van der Waals surface area (Å²) in [6.45, 7) is 4.40. The van der Waals surface area contributed by atoms with Gasteiger partial charge in [-0.3, -0.25) is 0 Å². The zero-order chi connectivity index (χ0) is 17.4. The number of ether oxygens (including phenoxy) is 1. The fourth-order valence-electron chi connectivity index (χ4n) is 4.28. The van der Waals surface area contributed by atoms with Gasteiger partial charge in [-0.25, -0.2) is 0 Å². The van der Waals surface area contributed by atoms with E-state index in [0.717, 1.165) is 18.8 Å². The van der Waals surface area contributed by atoms with Gasteiger partial charge < -0.3 is 14.5 Å². The molecule has 2 aromatic rings. The van der Waals surface area contributed by atoms with E-state index >= 15 is 0 Å². The predicted molar refractivity (Wildman–Crippen MR) is 106 cm³/mol. The molecule has 0 aliphatic carbocycles. The maximum atomic E-state index is 5.50. The van der Waals surface area contributed by atoms with Crippen molar-refractivity contribution in [3.8, 4) is 5.75 Å². The average Bonchev–Trinajstić information content (AvgIpc) is 3.03. The molecule has 0 bridgehead atoms. The third-order valence-corrected chi connectivity index (χ3v) is 5.61. The third kappa shape index (κ3) is 2.78. The molecule has 3 heteroatoms. The van der Waals surface area contributed by atoms with Gasteiger partial charge in [-0.1, -0.05) is 24.3 Å². The van der Waals surface area contributed by atoms with Crippen molar-refractivity contribution in [3.63, 3.8) is 0 Å². The Morgan fingerprint density at radius 2 is 1.96 bits per heavy atom. The lowest BCUT2D eigenvalue weighted by molar-refractivity contribution is 0.414. The molecule has 0 amide bonds. The molecule has 3 nitrogen and oxygen atoms in total. The van der Waals surface area contributed by atoms with Crippen molar-refractivity contribution < 1.29 is 4.74 Å². The lowest BCUT2D eigenvalue weighted by Crippen LogP contribution is -2.43. The molecule has 1 saturated heterocycles. The number of methoxy groups -OCH3 is 1. The van der Waals surface area contributed by atoms with Crippen molar-refractivity contribution in [1.29, 1.82) is 0 Å². The minimum atomic E-state index is 0.133. The van der Waals surface area contributed by atoms with Crippen molar-refractivity contribution in [1.82, 2.24) is 0 Å². The smallest absolute Gasteiger partial charge is 0.119 e. The van der Waals surface area contributed by atoms with Crippen molar-refractivity contribution in [3.05, 3.63) is 60.2 Å². The minimum Gasteiger partial charge on any atom is -0.497 e. The van der Waals surface area contributed by atoms with Gasteiger partial charge >= 0.3 is 0 Å². The van der Waals surface area contributed by atoms with Gasteiger partial charge in [0.05, 0.1) is 12.6 Å². The van der Waals surface area contributed by atoms with E-state index in [1.807, 2.05) is 0 Å². The van der Waals surface area contributed by atoms with Crippen LogP contribution >= 0.6 is 0 Å². The highest BCUT2D eigenvalue weighted by molar-refractivity contribution is 5.85. The first-order chi connectivity index (χ1) is 12.1. The molecule has 1 unspecified atom stereocenters. The van der Waals surface area contributed by atoms with Crippen LogP contribution in [-0.2, 0) is 0 Å². The first-order valence-corrected chi connectivity index (χ1v) is 9.05. The largest absolute Gasteiger partial charge is 0.497 e. The van der Waals surface area contributed by atoms with Crippen LogP contribution in [0.3, 0.4) is 0 Å². The van der Waals surface area contributed by atoms with Crippen LogP contribution in [0.5, 0.6) is 5.75 Å². The molecule has 2 aromatic carbocycles. The van der Waals surface area contributed by atoms with Crippen molar-refractivity contribution in [2.45, 2.75) is 25.3 Å². The number of anilines is 2. The highest BCUT2D eigenvalue weighted by Crippen LogP contribution is 2.45. The van der Waals surface area contributed by atoms with Crippen LogP contribution < -0.4 is 14.5 Å². The fraction of sp³-hybridized carbons (Fsp3) is 0.364. The van der Waals surface area contributed by atoms with Gasteiger partial charge in [-0.15, -0.1) is 0 Å². The third-order valence-electron chi connectivity index (χ3n) is 5.61. The molecule has 0 saturated carbocycles. The van der Waals surface area contributed by atoms with Crippen LogP contribution in [-0.4, -0.2) is 32.8 Å². The van der Waals surface area contributed by atoms with Crippen molar-refractivity contribution in [2.24, 2.45) is 0 Å². The number of rotatable bonds is 4. The van der Waals surface area contributed by atoms with E-state index in [1.165, 1.54) is 35.4 Å². The molecular weight excluding hydrogens is 308 g/mol. The summed E-state index contributed by atoms with van der Waals surface area (Å²) in [7, 11) is 3.91. The van der Waals surface area contributed by atoms with Gasteiger partial charge in [-0.2, -0.15) is 0 Å². The molecule has 130 valence electrons. The summed E-state index contributed by atoms with van der Waals surface area (Å²) in [5, 5.41) is 0. The van der Waals surface area contributed by atoms with Crippen molar-refractivity contribution >= 4 is 16.9 Å². The maximum Gasteiger partial charge on any atom is 0.119 e. The molecular formula is C22H26N2O. The van der Waals surface area contributed by atoms with Gasteiger partial charge in [0, 0.05) is 37.1 Å². The summed E-state index contributed by atoms with van der Waals surface area (Å²) in [5.74, 6) is 0.926. The summed E-state index contributed by atoms with van der Waals surface area (Å²) in [6, 6.07) is 17.1. The zero-order valence-electron chi connectivity index (χ0n) is 15.3. The average molecular weight is 334 g/mol. The predicted octanol–water partition coefficient (Wildman–Crippen LogP) is 4.59. The van der Waals surface area contributed by atoms with E-state index in [4.69, 9.17) is 4.74 Å². The minimum absolute atomic E-state index is 0.133. The van der Waals surface area contributed by atoms with Gasteiger partial charge in [0.1, 0.15) is 5.75 Å². The Hall–Kier alpha value is -2.42. The number of benzene rings is 2. The summed E-state index contributed by atoms with van der Waals surface area (Å²) in [4.78, 5) is 4.89. The van der Waals surface area contributed by atoms with Crippen LogP contribution in [0.15, 0.2) is 54.6 Å². The van der Waals surface area contributed by atoms with E-state index in [-0.39, 0.29) is 5.54 Å². The molecule has 25 heavy (non-hydrogen) atoms. The van der Waals surface area contributed by atoms with Crippen LogP contribution in [0.25, 0.3) is 5.57 Å². The Morgan fingerprint density at radius 1 is 1.16 bits per heavy atom. The number of fused-ring (bicyclic) bond motifs is 3. The number of hydrogen-bond donors (Lipinski definition) is 0. The van der Waals surface area contributed by atoms with E-state index in [9.17, 15) is 0 Å². The van der Waals surface area contributed by atoms with Crippen LogP contribution in [0.2, 0.25) is 0 Å². The second-order valence-electron chi connectivity index (χ2n) is 7.36. The Labute approximate surface area is 150 Å². The van der Waals surface area contributed by atoms with E-state index in [2.05, 4.69) is 78.4 Å². The Morgan fingerprint density at radius 3 is 2.72 bits per heavy atom. The lowest BCUT2D eigenvalue weighted by atomic mass is 9.87. The SMILES string of the molecule is COc1ccc2c(c1)C(CN(C)c1ccccc1)=CC1(C)CCCN21. The van der Waals surface area contributed by atoms with Gasteiger partial charge in [0.25, 0.3) is 0 Å². The number of para-hydroxylation sites is 1. The molecule has 0 aromatic heterocycles. The Kier molecular flexibility index (Phi) is 3.95. The number of nitrogens with zero attached hydrogens (tertiary/aromatic N) is 2. The highest BCUT2D eigenvalue weighted by atomic mass is 16.5. The van der Waals surface area contributed by atoms with Gasteiger partial charge in [0.2, 0.25) is 0 Å². The van der Waals surface area contributed by atoms with Gasteiger partial charge in [-0.05, 0) is 55.7 Å². The van der Waals surface area contributed by atoms with Gasteiger partial charge in [0.15, 0.2) is 0 Å². The monoisotopic (exact) mass is 334 g/mol. The highest BCUT2D eigenvalue weighted by Gasteiger charge is 2.39. The number of hydrogen-bond acceptors (Lipinski definition) is 3. The Balaban J connectivity index is 1.74. The molecule has 1 fully saturated rings. The normalized spacial score (nSPS) is 21.4. The maximum absolute atomic E-state index is 5.50. The molecule has 0 radical (unpaired) electrons. The van der Waals surface area contributed by atoms with E-state index in [1.54, 1.807) is 7.11 Å². The lowest BCUT2D eigenvalue weighted by Gasteiger charge is -2.41. The second-order valence-corrected chi connectivity index (χ2v) is 7.36. The first kappa shape index (κ1) is 16.1. The molecule has 4 rings (SSSR count). The molecule has 2 aliphatic rings. The van der Waals surface area contributed by atoms with Crippen LogP contribution in [0.1, 0.15) is 25.3 Å². The fourth-order valence-corrected chi connectivity index (χ4v) is 4.28. The first-order valence-electron chi connectivity index (χ1n) is 9.05. The quantitative estimate of drug-likeness (QED) is 0.813.